The molecule has 0 aliphatic rings. The lowest BCUT2D eigenvalue weighted by atomic mass is 9.98. The van der Waals surface area contributed by atoms with Crippen LogP contribution in [-0.2, 0) is 6.42 Å². The number of anilines is 1. The average Bonchev–Trinajstić information content (AvgIpc) is 2.26. The Morgan fingerprint density at radius 2 is 1.82 bits per heavy atom. The molecule has 0 atom stereocenters. The minimum Gasteiger partial charge on any atom is -0.399 e. The second-order valence-corrected chi connectivity index (χ2v) is 4.88. The van der Waals surface area contributed by atoms with Crippen LogP contribution in [0.1, 0.15) is 22.3 Å². The Labute approximate surface area is 107 Å². The minimum absolute atomic E-state index is 0.785. The third-order valence-corrected chi connectivity index (χ3v) is 3.24. The summed E-state index contributed by atoms with van der Waals surface area (Å²) in [5.41, 5.74) is 11.6. The van der Waals surface area contributed by atoms with Gasteiger partial charge in [0.05, 0.1) is 0 Å². The van der Waals surface area contributed by atoms with Crippen molar-refractivity contribution < 1.29 is 0 Å². The number of nitrogen functional groups attached to an aromatic ring is 1. The molecular weight excluding hydrogens is 230 g/mol. The fourth-order valence-corrected chi connectivity index (χ4v) is 2.17. The molecule has 0 unspecified atom stereocenters. The van der Waals surface area contributed by atoms with Gasteiger partial charge in [-0.25, -0.2) is 0 Å². The van der Waals surface area contributed by atoms with E-state index < -0.39 is 0 Å². The van der Waals surface area contributed by atoms with Gasteiger partial charge in [0.1, 0.15) is 0 Å². The van der Waals surface area contributed by atoms with E-state index in [9.17, 15) is 0 Å². The third kappa shape index (κ3) is 2.80. The monoisotopic (exact) mass is 245 g/mol. The van der Waals surface area contributed by atoms with E-state index in [-0.39, 0.29) is 0 Å². The highest BCUT2D eigenvalue weighted by Crippen LogP contribution is 2.21. The van der Waals surface area contributed by atoms with Crippen molar-refractivity contribution in [1.29, 1.82) is 0 Å². The van der Waals surface area contributed by atoms with Gasteiger partial charge in [0.2, 0.25) is 0 Å². The topological polar surface area (TPSA) is 26.0 Å². The fourth-order valence-electron chi connectivity index (χ4n) is 1.96. The molecule has 0 amide bonds. The molecule has 2 rings (SSSR count). The Kier molecular flexibility index (Phi) is 3.39. The van der Waals surface area contributed by atoms with Gasteiger partial charge < -0.3 is 5.73 Å². The van der Waals surface area contributed by atoms with Crippen LogP contribution in [0.3, 0.4) is 0 Å². The molecule has 0 aliphatic heterocycles. The van der Waals surface area contributed by atoms with Crippen LogP contribution < -0.4 is 5.73 Å². The van der Waals surface area contributed by atoms with Gasteiger partial charge in [-0.1, -0.05) is 29.8 Å². The van der Waals surface area contributed by atoms with Crippen LogP contribution in [0.25, 0.3) is 0 Å². The first-order valence-electron chi connectivity index (χ1n) is 5.66. The highest BCUT2D eigenvalue weighted by Gasteiger charge is 2.04. The van der Waals surface area contributed by atoms with Crippen molar-refractivity contribution >= 4 is 17.3 Å². The van der Waals surface area contributed by atoms with Crippen LogP contribution in [0, 0.1) is 13.8 Å². The van der Waals surface area contributed by atoms with Crippen molar-refractivity contribution in [3.05, 3.63) is 63.7 Å². The summed E-state index contributed by atoms with van der Waals surface area (Å²) < 4.78 is 0. The number of halogens is 1. The number of rotatable bonds is 2. The molecule has 2 N–H and O–H groups in total. The van der Waals surface area contributed by atoms with Gasteiger partial charge in [-0.05, 0) is 60.7 Å². The molecule has 0 aromatic heterocycles. The molecule has 1 nitrogen and oxygen atoms in total. The summed E-state index contributed by atoms with van der Waals surface area (Å²) in [7, 11) is 0. The zero-order valence-electron chi connectivity index (χ0n) is 10.1. The van der Waals surface area contributed by atoms with E-state index in [0.717, 1.165) is 22.7 Å². The van der Waals surface area contributed by atoms with Gasteiger partial charge in [0, 0.05) is 10.7 Å². The first-order chi connectivity index (χ1) is 8.06. The molecule has 0 aliphatic carbocycles. The van der Waals surface area contributed by atoms with E-state index in [1.807, 2.05) is 31.2 Å². The van der Waals surface area contributed by atoms with Gasteiger partial charge in [0.25, 0.3) is 0 Å². The van der Waals surface area contributed by atoms with E-state index >= 15 is 0 Å². The van der Waals surface area contributed by atoms with Gasteiger partial charge in [-0.2, -0.15) is 0 Å². The average molecular weight is 246 g/mol. The summed E-state index contributed by atoms with van der Waals surface area (Å²) >= 11 is 5.99. The van der Waals surface area contributed by atoms with Crippen molar-refractivity contribution in [1.82, 2.24) is 0 Å². The quantitative estimate of drug-likeness (QED) is 0.791. The molecule has 2 aromatic carbocycles. The molecule has 2 aromatic rings. The zero-order valence-corrected chi connectivity index (χ0v) is 10.9. The second kappa shape index (κ2) is 4.80. The Hall–Kier alpha value is -1.47. The van der Waals surface area contributed by atoms with E-state index in [0.29, 0.717) is 0 Å². The standard InChI is InChI=1S/C15H16ClN/c1-10-7-15(17)11(2)6-13(10)8-12-4-3-5-14(16)9-12/h3-7,9H,8,17H2,1-2H3. The molecule has 2 heteroatoms. The minimum atomic E-state index is 0.785. The molecule has 17 heavy (non-hydrogen) atoms. The summed E-state index contributed by atoms with van der Waals surface area (Å²) in [5, 5.41) is 0.785. The van der Waals surface area contributed by atoms with Crippen LogP contribution >= 0.6 is 11.6 Å². The SMILES string of the molecule is Cc1cc(Cc2cccc(Cl)c2)c(C)cc1N. The maximum absolute atomic E-state index is 5.99. The highest BCUT2D eigenvalue weighted by atomic mass is 35.5. The maximum Gasteiger partial charge on any atom is 0.0408 e. The second-order valence-electron chi connectivity index (χ2n) is 4.44. The third-order valence-electron chi connectivity index (χ3n) is 3.01. The Bertz CT molecular complexity index is 547. The van der Waals surface area contributed by atoms with Crippen molar-refractivity contribution in [2.75, 3.05) is 5.73 Å². The molecule has 0 spiro atoms. The van der Waals surface area contributed by atoms with Crippen molar-refractivity contribution in [2.24, 2.45) is 0 Å². The molecule has 88 valence electrons. The summed E-state index contributed by atoms with van der Waals surface area (Å²) in [5.74, 6) is 0. The first kappa shape index (κ1) is 12.0. The number of hydrogen-bond donors (Lipinski definition) is 1. The van der Waals surface area contributed by atoms with E-state index in [1.165, 1.54) is 16.7 Å². The Morgan fingerprint density at radius 3 is 2.53 bits per heavy atom. The van der Waals surface area contributed by atoms with Crippen molar-refractivity contribution in [3.8, 4) is 0 Å². The van der Waals surface area contributed by atoms with Crippen molar-refractivity contribution in [2.45, 2.75) is 20.3 Å². The number of nitrogens with two attached hydrogens (primary N) is 1. The molecule has 0 saturated carbocycles. The molecule has 0 heterocycles. The molecule has 0 saturated heterocycles. The molecule has 0 bridgehead atoms. The van der Waals surface area contributed by atoms with Crippen LogP contribution in [0.15, 0.2) is 36.4 Å². The maximum atomic E-state index is 5.99. The van der Waals surface area contributed by atoms with Crippen LogP contribution in [0.4, 0.5) is 5.69 Å². The number of aryl methyl sites for hydroxylation is 2. The van der Waals surface area contributed by atoms with Gasteiger partial charge in [-0.3, -0.25) is 0 Å². The Balaban J connectivity index is 2.33. The predicted octanol–water partition coefficient (Wildman–Crippen LogP) is 4.13. The lowest BCUT2D eigenvalue weighted by Gasteiger charge is -2.10. The van der Waals surface area contributed by atoms with Gasteiger partial charge >= 0.3 is 0 Å². The number of benzene rings is 2. The zero-order chi connectivity index (χ0) is 12.4. The first-order valence-corrected chi connectivity index (χ1v) is 6.04. The van der Waals surface area contributed by atoms with E-state index in [4.69, 9.17) is 17.3 Å². The number of hydrogen-bond acceptors (Lipinski definition) is 1. The smallest absolute Gasteiger partial charge is 0.0408 e. The van der Waals surface area contributed by atoms with Crippen LogP contribution in [-0.4, -0.2) is 0 Å². The van der Waals surface area contributed by atoms with E-state index in [2.05, 4.69) is 19.1 Å². The normalized spacial score (nSPS) is 10.5. The lowest BCUT2D eigenvalue weighted by molar-refractivity contribution is 1.15. The van der Waals surface area contributed by atoms with Crippen LogP contribution in [0.5, 0.6) is 0 Å². The molecule has 0 fully saturated rings. The Morgan fingerprint density at radius 1 is 1.06 bits per heavy atom. The van der Waals surface area contributed by atoms with E-state index in [1.54, 1.807) is 0 Å². The predicted molar refractivity (Wildman–Crippen MR) is 74.6 cm³/mol. The van der Waals surface area contributed by atoms with Gasteiger partial charge in [0.15, 0.2) is 0 Å². The summed E-state index contributed by atoms with van der Waals surface area (Å²) in [6.07, 6.45) is 0.896. The summed E-state index contributed by atoms with van der Waals surface area (Å²) in [4.78, 5) is 0. The van der Waals surface area contributed by atoms with Gasteiger partial charge in [-0.15, -0.1) is 0 Å². The molecule has 0 radical (unpaired) electrons. The summed E-state index contributed by atoms with van der Waals surface area (Å²) in [6, 6.07) is 12.2. The fraction of sp³-hybridized carbons (Fsp3) is 0.200. The molecular formula is C15H16ClN. The summed E-state index contributed by atoms with van der Waals surface area (Å²) in [6.45, 7) is 4.13. The van der Waals surface area contributed by atoms with Crippen LogP contribution in [0.2, 0.25) is 5.02 Å². The lowest BCUT2D eigenvalue weighted by Crippen LogP contribution is -1.97. The largest absolute Gasteiger partial charge is 0.399 e. The highest BCUT2D eigenvalue weighted by molar-refractivity contribution is 6.30. The van der Waals surface area contributed by atoms with Crippen molar-refractivity contribution in [3.63, 3.8) is 0 Å².